The Morgan fingerprint density at radius 3 is 1.48 bits per heavy atom. The van der Waals surface area contributed by atoms with Crippen molar-refractivity contribution in [1.82, 2.24) is 0 Å². The Morgan fingerprint density at radius 2 is 1.07 bits per heavy atom. The van der Waals surface area contributed by atoms with Crippen molar-refractivity contribution in [2.45, 2.75) is 52.6 Å². The van der Waals surface area contributed by atoms with E-state index in [0.717, 1.165) is 22.9 Å². The predicted octanol–water partition coefficient (Wildman–Crippen LogP) is 6.69. The monoisotopic (exact) mass is 360 g/mol. The molecule has 3 heteroatoms. The molecule has 2 aliphatic heterocycles. The van der Waals surface area contributed by atoms with Crippen LogP contribution in [0.3, 0.4) is 0 Å². The highest BCUT2D eigenvalue weighted by molar-refractivity contribution is 5.82. The van der Waals surface area contributed by atoms with E-state index in [0.29, 0.717) is 0 Å². The van der Waals surface area contributed by atoms with E-state index in [1.165, 1.54) is 22.3 Å². The van der Waals surface area contributed by atoms with Crippen LogP contribution in [0.25, 0.3) is 11.1 Å². The van der Waals surface area contributed by atoms with Crippen LogP contribution in [0, 0.1) is 0 Å². The standard InChI is InChI=1S/C24H28N2O/c1-15-13-23(3,4)25-21-9-7-17(11-19(15)21)27-18-8-10-22-20(12-18)16(2)14-24(5,6)26-22/h7-14,25-26H,1-6H3. The zero-order chi connectivity index (χ0) is 19.4. The minimum Gasteiger partial charge on any atom is -0.457 e. The number of hydrogen-bond acceptors (Lipinski definition) is 3. The zero-order valence-corrected chi connectivity index (χ0v) is 17.0. The van der Waals surface area contributed by atoms with Crippen LogP contribution in [0.4, 0.5) is 11.4 Å². The molecular weight excluding hydrogens is 332 g/mol. The number of hydrogen-bond donors (Lipinski definition) is 2. The molecule has 2 heterocycles. The van der Waals surface area contributed by atoms with Gasteiger partial charge in [0.05, 0.1) is 11.1 Å². The van der Waals surface area contributed by atoms with Crippen molar-refractivity contribution >= 4 is 22.5 Å². The van der Waals surface area contributed by atoms with Crippen LogP contribution < -0.4 is 15.4 Å². The second-order valence-corrected chi connectivity index (χ2v) is 8.86. The molecule has 3 nitrogen and oxygen atoms in total. The molecule has 27 heavy (non-hydrogen) atoms. The maximum atomic E-state index is 6.20. The first-order chi connectivity index (χ1) is 12.6. The maximum Gasteiger partial charge on any atom is 0.128 e. The fourth-order valence-electron chi connectivity index (χ4n) is 4.18. The molecule has 0 aliphatic carbocycles. The Labute approximate surface area is 162 Å². The van der Waals surface area contributed by atoms with Gasteiger partial charge in [0.15, 0.2) is 0 Å². The van der Waals surface area contributed by atoms with E-state index in [9.17, 15) is 0 Å². The molecule has 0 spiro atoms. The fraction of sp³-hybridized carbons (Fsp3) is 0.333. The molecule has 0 aromatic heterocycles. The van der Waals surface area contributed by atoms with E-state index in [2.05, 4.69) is 88.6 Å². The summed E-state index contributed by atoms with van der Waals surface area (Å²) in [7, 11) is 0. The van der Waals surface area contributed by atoms with Crippen molar-refractivity contribution in [3.63, 3.8) is 0 Å². The van der Waals surface area contributed by atoms with Crippen LogP contribution in [-0.4, -0.2) is 11.1 Å². The van der Waals surface area contributed by atoms with Crippen LogP contribution >= 0.6 is 0 Å². The first kappa shape index (κ1) is 17.7. The SMILES string of the molecule is CC1=CC(C)(C)Nc2ccc(Oc3ccc4c(c3)C(C)=CC(C)(C)N4)cc21. The van der Waals surface area contributed by atoms with Crippen molar-refractivity contribution in [3.05, 3.63) is 59.7 Å². The number of anilines is 2. The maximum absolute atomic E-state index is 6.20. The van der Waals surface area contributed by atoms with Crippen LogP contribution in [0.5, 0.6) is 11.5 Å². The lowest BCUT2D eigenvalue weighted by molar-refractivity contribution is 0.482. The molecule has 140 valence electrons. The molecule has 0 saturated carbocycles. The van der Waals surface area contributed by atoms with Gasteiger partial charge < -0.3 is 15.4 Å². The molecule has 0 fully saturated rings. The van der Waals surface area contributed by atoms with Crippen molar-refractivity contribution in [3.8, 4) is 11.5 Å². The highest BCUT2D eigenvalue weighted by Gasteiger charge is 2.24. The summed E-state index contributed by atoms with van der Waals surface area (Å²) in [6.07, 6.45) is 4.53. The van der Waals surface area contributed by atoms with Crippen LogP contribution in [-0.2, 0) is 0 Å². The van der Waals surface area contributed by atoms with Crippen LogP contribution in [0.1, 0.15) is 52.7 Å². The van der Waals surface area contributed by atoms with Crippen molar-refractivity contribution in [2.75, 3.05) is 10.6 Å². The third-order valence-electron chi connectivity index (χ3n) is 5.14. The summed E-state index contributed by atoms with van der Waals surface area (Å²) in [5.74, 6) is 1.71. The van der Waals surface area contributed by atoms with E-state index in [4.69, 9.17) is 4.74 Å². The Morgan fingerprint density at radius 1 is 0.667 bits per heavy atom. The van der Waals surface area contributed by atoms with Crippen LogP contribution in [0.15, 0.2) is 48.6 Å². The number of fused-ring (bicyclic) bond motifs is 2. The number of ether oxygens (including phenoxy) is 1. The van der Waals surface area contributed by atoms with Gasteiger partial charge in [-0.1, -0.05) is 12.2 Å². The first-order valence-electron chi connectivity index (χ1n) is 9.54. The van der Waals surface area contributed by atoms with Gasteiger partial charge in [0.2, 0.25) is 0 Å². The minimum absolute atomic E-state index is 0.0252. The summed E-state index contributed by atoms with van der Waals surface area (Å²) in [5.41, 5.74) is 7.20. The van der Waals surface area contributed by atoms with Gasteiger partial charge in [-0.2, -0.15) is 0 Å². The Bertz CT molecular complexity index is 900. The highest BCUT2D eigenvalue weighted by Crippen LogP contribution is 2.39. The van der Waals surface area contributed by atoms with Crippen molar-refractivity contribution in [2.24, 2.45) is 0 Å². The summed E-state index contributed by atoms with van der Waals surface area (Å²) < 4.78 is 6.20. The fourth-order valence-corrected chi connectivity index (χ4v) is 4.18. The van der Waals surface area contributed by atoms with Gasteiger partial charge in [-0.05, 0) is 89.1 Å². The normalized spacial score (nSPS) is 18.9. The quantitative estimate of drug-likeness (QED) is 0.625. The van der Waals surface area contributed by atoms with Gasteiger partial charge in [-0.25, -0.2) is 0 Å². The van der Waals surface area contributed by atoms with Gasteiger partial charge in [0.25, 0.3) is 0 Å². The Kier molecular flexibility index (Phi) is 3.88. The molecule has 0 amide bonds. The van der Waals surface area contributed by atoms with Gasteiger partial charge in [0.1, 0.15) is 11.5 Å². The third-order valence-corrected chi connectivity index (χ3v) is 5.14. The summed E-state index contributed by atoms with van der Waals surface area (Å²) in [4.78, 5) is 0. The molecule has 2 aromatic carbocycles. The number of nitrogens with one attached hydrogen (secondary N) is 2. The summed E-state index contributed by atoms with van der Waals surface area (Å²) in [6, 6.07) is 12.5. The summed E-state index contributed by atoms with van der Waals surface area (Å²) in [6.45, 7) is 13.0. The smallest absolute Gasteiger partial charge is 0.128 e. The van der Waals surface area contributed by atoms with Gasteiger partial charge in [-0.15, -0.1) is 0 Å². The van der Waals surface area contributed by atoms with Gasteiger partial charge in [-0.3, -0.25) is 0 Å². The average molecular weight is 361 g/mol. The summed E-state index contributed by atoms with van der Waals surface area (Å²) >= 11 is 0. The summed E-state index contributed by atoms with van der Waals surface area (Å²) in [5, 5.41) is 7.13. The zero-order valence-electron chi connectivity index (χ0n) is 17.0. The molecule has 2 N–H and O–H groups in total. The lowest BCUT2D eigenvalue weighted by atomic mass is 9.91. The second kappa shape index (κ2) is 5.91. The van der Waals surface area contributed by atoms with E-state index in [-0.39, 0.29) is 11.1 Å². The number of rotatable bonds is 2. The molecule has 0 radical (unpaired) electrons. The molecule has 0 bridgehead atoms. The van der Waals surface area contributed by atoms with Crippen molar-refractivity contribution < 1.29 is 4.74 Å². The van der Waals surface area contributed by atoms with Gasteiger partial charge >= 0.3 is 0 Å². The Hall–Kier alpha value is -2.68. The number of allylic oxidation sites excluding steroid dienone is 2. The lowest BCUT2D eigenvalue weighted by Gasteiger charge is -2.32. The second-order valence-electron chi connectivity index (χ2n) is 8.86. The molecule has 4 rings (SSSR count). The Balaban J connectivity index is 1.63. The van der Waals surface area contributed by atoms with Crippen molar-refractivity contribution in [1.29, 1.82) is 0 Å². The average Bonchev–Trinajstić information content (AvgIpc) is 2.54. The van der Waals surface area contributed by atoms with E-state index in [1.54, 1.807) is 0 Å². The molecular formula is C24H28N2O. The molecule has 2 aliphatic rings. The molecule has 0 atom stereocenters. The molecule has 0 unspecified atom stereocenters. The lowest BCUT2D eigenvalue weighted by Crippen LogP contribution is -2.31. The van der Waals surface area contributed by atoms with Crippen LogP contribution in [0.2, 0.25) is 0 Å². The minimum atomic E-state index is -0.0252. The van der Waals surface area contributed by atoms with E-state index >= 15 is 0 Å². The predicted molar refractivity (Wildman–Crippen MR) is 116 cm³/mol. The van der Waals surface area contributed by atoms with E-state index < -0.39 is 0 Å². The third kappa shape index (κ3) is 3.46. The first-order valence-corrected chi connectivity index (χ1v) is 9.54. The van der Waals surface area contributed by atoms with E-state index in [1.807, 2.05) is 12.1 Å². The largest absolute Gasteiger partial charge is 0.457 e. The topological polar surface area (TPSA) is 33.3 Å². The van der Waals surface area contributed by atoms with Gasteiger partial charge in [0, 0.05) is 22.5 Å². The molecule has 0 saturated heterocycles. The highest BCUT2D eigenvalue weighted by atomic mass is 16.5. The molecule has 2 aromatic rings. The number of benzene rings is 2.